The first-order valence-corrected chi connectivity index (χ1v) is 13.2. The summed E-state index contributed by atoms with van der Waals surface area (Å²) in [5.74, 6) is -1.52. The molecule has 0 bridgehead atoms. The molecule has 0 aromatic heterocycles. The van der Waals surface area contributed by atoms with Crippen LogP contribution < -0.4 is 5.32 Å². The van der Waals surface area contributed by atoms with E-state index in [1.807, 2.05) is 18.2 Å². The third kappa shape index (κ3) is 5.82. The van der Waals surface area contributed by atoms with Gasteiger partial charge in [0.05, 0.1) is 17.7 Å². The number of likely N-dealkylation sites (tertiary alicyclic amines) is 2. The van der Waals surface area contributed by atoms with Crippen LogP contribution in [0.5, 0.6) is 0 Å². The van der Waals surface area contributed by atoms with Gasteiger partial charge in [-0.3, -0.25) is 9.69 Å². The van der Waals surface area contributed by atoms with Crippen molar-refractivity contribution in [1.82, 2.24) is 9.80 Å². The Morgan fingerprint density at radius 2 is 1.89 bits per heavy atom. The first-order chi connectivity index (χ1) is 17.7. The second-order valence-corrected chi connectivity index (χ2v) is 11.0. The number of benzene rings is 2. The van der Waals surface area contributed by atoms with Gasteiger partial charge in [0.2, 0.25) is 5.91 Å². The Morgan fingerprint density at radius 1 is 1.16 bits per heavy atom. The summed E-state index contributed by atoms with van der Waals surface area (Å²) in [5.41, 5.74) is 2.04. The van der Waals surface area contributed by atoms with E-state index in [1.54, 1.807) is 4.90 Å². The average Bonchev–Trinajstić information content (AvgIpc) is 3.23. The van der Waals surface area contributed by atoms with E-state index >= 15 is 0 Å². The Hall–Kier alpha value is -2.52. The molecular weight excluding hydrogens is 500 g/mol. The zero-order valence-electron chi connectivity index (χ0n) is 20.5. The molecule has 1 amide bonds. The van der Waals surface area contributed by atoms with Crippen molar-refractivity contribution in [1.29, 1.82) is 0 Å². The molecule has 0 aliphatic carbocycles. The minimum absolute atomic E-state index is 0.0642. The Labute approximate surface area is 220 Å². The lowest BCUT2D eigenvalue weighted by Crippen LogP contribution is -2.60. The molecule has 6 nitrogen and oxygen atoms in total. The highest BCUT2D eigenvalue weighted by atomic mass is 35.5. The number of anilines is 1. The summed E-state index contributed by atoms with van der Waals surface area (Å²) in [7, 11) is 0. The molecule has 0 radical (unpaired) electrons. The number of aliphatic hydroxyl groups is 2. The minimum Gasteiger partial charge on any atom is -0.392 e. The first-order valence-electron chi connectivity index (χ1n) is 12.8. The molecule has 2 aromatic carbocycles. The normalized spacial score (nSPS) is 25.4. The molecular formula is C28H32ClF2N3O3. The smallest absolute Gasteiger partial charge is 0.246 e. The summed E-state index contributed by atoms with van der Waals surface area (Å²) in [4.78, 5) is 16.3. The zero-order valence-corrected chi connectivity index (χ0v) is 21.3. The number of hydrogen-bond donors (Lipinski definition) is 3. The number of nitrogens with one attached hydrogen (secondary N) is 1. The lowest BCUT2D eigenvalue weighted by atomic mass is 9.82. The number of aliphatic hydroxyl groups excluding tert-OH is 2. The molecule has 3 atom stereocenters. The van der Waals surface area contributed by atoms with Crippen LogP contribution in [0, 0.1) is 17.6 Å². The molecule has 2 fully saturated rings. The fourth-order valence-corrected chi connectivity index (χ4v) is 6.09. The number of amides is 1. The highest BCUT2D eigenvalue weighted by molar-refractivity contribution is 6.30. The highest BCUT2D eigenvalue weighted by Gasteiger charge is 2.46. The van der Waals surface area contributed by atoms with Gasteiger partial charge in [0.15, 0.2) is 0 Å². The van der Waals surface area contributed by atoms with E-state index in [0.717, 1.165) is 36.7 Å². The highest BCUT2D eigenvalue weighted by Crippen LogP contribution is 2.40. The van der Waals surface area contributed by atoms with Gasteiger partial charge in [0.1, 0.15) is 11.6 Å². The molecule has 2 aromatic rings. The van der Waals surface area contributed by atoms with Crippen LogP contribution in [0.4, 0.5) is 14.5 Å². The Bertz CT molecular complexity index is 1170. The van der Waals surface area contributed by atoms with Crippen molar-refractivity contribution in [2.75, 3.05) is 38.0 Å². The molecule has 2 saturated heterocycles. The van der Waals surface area contributed by atoms with Crippen LogP contribution in [0.2, 0.25) is 5.02 Å². The maximum Gasteiger partial charge on any atom is 0.246 e. The summed E-state index contributed by atoms with van der Waals surface area (Å²) in [5, 5.41) is 26.2. The Kier molecular flexibility index (Phi) is 7.54. The third-order valence-corrected chi connectivity index (χ3v) is 8.28. The average molecular weight is 532 g/mol. The van der Waals surface area contributed by atoms with E-state index in [0.29, 0.717) is 49.6 Å². The molecule has 198 valence electrons. The Morgan fingerprint density at radius 3 is 2.59 bits per heavy atom. The Balaban J connectivity index is 1.09. The van der Waals surface area contributed by atoms with Gasteiger partial charge < -0.3 is 20.4 Å². The number of nitrogens with zero attached hydrogens (tertiary/aromatic N) is 2. The molecule has 1 spiro atoms. The molecule has 5 rings (SSSR count). The number of hydrogen-bond acceptors (Lipinski definition) is 5. The number of carbonyl (C=O) groups excluding carboxylic acids is 1. The van der Waals surface area contributed by atoms with Crippen LogP contribution in [-0.2, 0) is 11.2 Å². The summed E-state index contributed by atoms with van der Waals surface area (Å²) in [6, 6.07) is 8.90. The number of fused-ring (bicyclic) bond motifs is 1. The van der Waals surface area contributed by atoms with E-state index in [1.165, 1.54) is 24.3 Å². The van der Waals surface area contributed by atoms with Crippen molar-refractivity contribution in [3.8, 4) is 0 Å². The SMILES string of the molecule is O=C(/C=C/c1cc(F)cc(F)c1)N1CCC(C(O)CN2CCC3(Cc4cc(Cl)ccc4N3)C(O)C2)CC1. The maximum absolute atomic E-state index is 13.3. The van der Waals surface area contributed by atoms with Crippen molar-refractivity contribution in [3.05, 3.63) is 70.3 Å². The zero-order chi connectivity index (χ0) is 26.2. The molecule has 37 heavy (non-hydrogen) atoms. The van der Waals surface area contributed by atoms with Gasteiger partial charge in [-0.2, -0.15) is 0 Å². The van der Waals surface area contributed by atoms with Gasteiger partial charge in [-0.15, -0.1) is 0 Å². The lowest BCUT2D eigenvalue weighted by Gasteiger charge is -2.45. The largest absolute Gasteiger partial charge is 0.392 e. The standard InChI is InChI=1S/C28H32ClF2N3O3/c29-21-2-3-24-20(13-21)15-28(32-24)7-10-33(17-26(28)36)16-25(35)19-5-8-34(9-6-19)27(37)4-1-18-11-22(30)14-23(31)12-18/h1-4,11-14,19,25-26,32,35-36H,5-10,15-17H2/b4-1+. The predicted molar refractivity (Wildman–Crippen MR) is 139 cm³/mol. The monoisotopic (exact) mass is 531 g/mol. The number of halogens is 3. The number of β-amino-alcohol motifs (C(OH)–C–C–N with tert-alkyl or cyclic N) is 2. The second-order valence-electron chi connectivity index (χ2n) is 10.6. The topological polar surface area (TPSA) is 76.0 Å². The van der Waals surface area contributed by atoms with Gasteiger partial charge in [-0.05, 0) is 72.7 Å². The van der Waals surface area contributed by atoms with E-state index < -0.39 is 29.4 Å². The fraction of sp³-hybridized carbons (Fsp3) is 0.464. The summed E-state index contributed by atoms with van der Waals surface area (Å²) < 4.78 is 26.7. The number of carbonyl (C=O) groups is 1. The van der Waals surface area contributed by atoms with Crippen LogP contribution in [0.15, 0.2) is 42.5 Å². The van der Waals surface area contributed by atoms with Gasteiger partial charge in [-0.1, -0.05) is 11.6 Å². The van der Waals surface area contributed by atoms with E-state index in [-0.39, 0.29) is 11.8 Å². The van der Waals surface area contributed by atoms with Crippen LogP contribution in [0.25, 0.3) is 6.08 Å². The van der Waals surface area contributed by atoms with Crippen LogP contribution in [0.1, 0.15) is 30.4 Å². The molecule has 0 saturated carbocycles. The molecule has 3 aliphatic heterocycles. The fourth-order valence-electron chi connectivity index (χ4n) is 5.90. The lowest BCUT2D eigenvalue weighted by molar-refractivity contribution is -0.128. The second kappa shape index (κ2) is 10.7. The first kappa shape index (κ1) is 26.1. The van der Waals surface area contributed by atoms with E-state index in [4.69, 9.17) is 11.6 Å². The molecule has 9 heteroatoms. The molecule has 3 aliphatic rings. The summed E-state index contributed by atoms with van der Waals surface area (Å²) >= 11 is 6.14. The summed E-state index contributed by atoms with van der Waals surface area (Å²) in [6.07, 6.45) is 4.47. The number of rotatable bonds is 5. The van der Waals surface area contributed by atoms with Crippen LogP contribution in [0.3, 0.4) is 0 Å². The maximum atomic E-state index is 13.3. The van der Waals surface area contributed by atoms with Gasteiger partial charge in [0, 0.05) is 62.0 Å². The minimum atomic E-state index is -0.687. The molecule has 3 N–H and O–H groups in total. The van der Waals surface area contributed by atoms with Crippen molar-refractivity contribution < 1.29 is 23.8 Å². The van der Waals surface area contributed by atoms with Crippen molar-refractivity contribution >= 4 is 29.3 Å². The number of piperidine rings is 2. The van der Waals surface area contributed by atoms with Crippen molar-refractivity contribution in [3.63, 3.8) is 0 Å². The van der Waals surface area contributed by atoms with Crippen LogP contribution >= 0.6 is 11.6 Å². The quantitative estimate of drug-likeness (QED) is 0.513. The molecule has 3 unspecified atom stereocenters. The predicted octanol–water partition coefficient (Wildman–Crippen LogP) is 3.70. The molecule has 3 heterocycles. The van der Waals surface area contributed by atoms with E-state index in [9.17, 15) is 23.8 Å². The van der Waals surface area contributed by atoms with Crippen molar-refractivity contribution in [2.24, 2.45) is 5.92 Å². The summed E-state index contributed by atoms with van der Waals surface area (Å²) in [6.45, 7) is 2.76. The van der Waals surface area contributed by atoms with Crippen molar-refractivity contribution in [2.45, 2.75) is 43.4 Å². The van der Waals surface area contributed by atoms with Crippen LogP contribution in [-0.4, -0.2) is 76.4 Å². The van der Waals surface area contributed by atoms with Gasteiger partial charge >= 0.3 is 0 Å². The van der Waals surface area contributed by atoms with Gasteiger partial charge in [-0.25, -0.2) is 8.78 Å². The van der Waals surface area contributed by atoms with E-state index in [2.05, 4.69) is 10.2 Å². The van der Waals surface area contributed by atoms with Gasteiger partial charge in [0.25, 0.3) is 0 Å². The third-order valence-electron chi connectivity index (χ3n) is 8.04.